The van der Waals surface area contributed by atoms with E-state index in [0.717, 1.165) is 24.3 Å². The Morgan fingerprint density at radius 1 is 0.655 bits per heavy atom. The van der Waals surface area contributed by atoms with Crippen molar-refractivity contribution in [1.82, 2.24) is 0 Å². The molecule has 0 radical (unpaired) electrons. The van der Waals surface area contributed by atoms with E-state index in [-0.39, 0.29) is 16.2 Å². The first-order valence-electron chi connectivity index (χ1n) is 11.1. The van der Waals surface area contributed by atoms with Crippen molar-refractivity contribution in [2.24, 2.45) is 0 Å². The molecule has 2 aromatic carbocycles. The average molecular weight is 393 g/mol. The van der Waals surface area contributed by atoms with Crippen molar-refractivity contribution < 1.29 is 9.47 Å². The molecule has 156 valence electrons. The third kappa shape index (κ3) is 2.90. The Bertz CT molecular complexity index is 967. The maximum absolute atomic E-state index is 6.04. The molecule has 0 fully saturated rings. The fourth-order valence-electron chi connectivity index (χ4n) is 6.11. The third-order valence-electron chi connectivity index (χ3n) is 7.29. The number of rotatable bonds is 4. The molecule has 29 heavy (non-hydrogen) atoms. The Hall–Kier alpha value is -1.96. The molecule has 0 aliphatic heterocycles. The van der Waals surface area contributed by atoms with Crippen molar-refractivity contribution in [2.75, 3.05) is 13.2 Å². The predicted molar refractivity (Wildman–Crippen MR) is 121 cm³/mol. The van der Waals surface area contributed by atoms with Crippen molar-refractivity contribution in [1.29, 1.82) is 0 Å². The third-order valence-corrected chi connectivity index (χ3v) is 7.29. The van der Waals surface area contributed by atoms with Gasteiger partial charge in [0.25, 0.3) is 0 Å². The summed E-state index contributed by atoms with van der Waals surface area (Å²) < 4.78 is 12.0. The van der Waals surface area contributed by atoms with Gasteiger partial charge in [0, 0.05) is 5.41 Å². The largest absolute Gasteiger partial charge is 0.490 e. The Labute approximate surface area is 176 Å². The fourth-order valence-corrected chi connectivity index (χ4v) is 6.11. The van der Waals surface area contributed by atoms with Crippen LogP contribution >= 0.6 is 0 Å². The number of hydrogen-bond donors (Lipinski definition) is 0. The van der Waals surface area contributed by atoms with E-state index in [1.165, 1.54) is 33.4 Å². The molecule has 4 rings (SSSR count). The molecule has 2 aliphatic rings. The highest BCUT2D eigenvalue weighted by Gasteiger charge is 2.56. The normalized spacial score (nSPS) is 23.2. The van der Waals surface area contributed by atoms with Crippen LogP contribution in [-0.4, -0.2) is 13.2 Å². The second kappa shape index (κ2) is 6.52. The zero-order chi connectivity index (χ0) is 21.2. The summed E-state index contributed by atoms with van der Waals surface area (Å²) in [6.45, 7) is 19.5. The first-order chi connectivity index (χ1) is 13.6. The van der Waals surface area contributed by atoms with Crippen molar-refractivity contribution in [3.63, 3.8) is 0 Å². The summed E-state index contributed by atoms with van der Waals surface area (Å²) in [5, 5.41) is 0. The van der Waals surface area contributed by atoms with Crippen LogP contribution in [0, 0.1) is 13.8 Å². The first kappa shape index (κ1) is 20.3. The van der Waals surface area contributed by atoms with Crippen LogP contribution in [0.25, 0.3) is 0 Å². The zero-order valence-corrected chi connectivity index (χ0v) is 19.5. The van der Waals surface area contributed by atoms with E-state index >= 15 is 0 Å². The lowest BCUT2D eigenvalue weighted by Gasteiger charge is -2.31. The average Bonchev–Trinajstić information content (AvgIpc) is 2.96. The molecule has 2 nitrogen and oxygen atoms in total. The van der Waals surface area contributed by atoms with E-state index in [4.69, 9.17) is 9.47 Å². The number of fused-ring (bicyclic) bond motifs is 4. The molecule has 0 N–H and O–H groups in total. The van der Waals surface area contributed by atoms with Gasteiger partial charge in [0.2, 0.25) is 0 Å². The maximum Gasteiger partial charge on any atom is 0.161 e. The molecule has 2 heteroatoms. The van der Waals surface area contributed by atoms with Crippen LogP contribution in [0.1, 0.15) is 87.8 Å². The summed E-state index contributed by atoms with van der Waals surface area (Å²) in [7, 11) is 0. The Kier molecular flexibility index (Phi) is 4.57. The highest BCUT2D eigenvalue weighted by molar-refractivity contribution is 5.64. The van der Waals surface area contributed by atoms with E-state index in [2.05, 4.69) is 65.8 Å². The van der Waals surface area contributed by atoms with Crippen LogP contribution in [0.3, 0.4) is 0 Å². The highest BCUT2D eigenvalue weighted by Crippen LogP contribution is 2.64. The Morgan fingerprint density at radius 3 is 1.52 bits per heavy atom. The minimum atomic E-state index is 0.0483. The lowest BCUT2D eigenvalue weighted by Crippen LogP contribution is -2.27. The van der Waals surface area contributed by atoms with Gasteiger partial charge in [0.15, 0.2) is 11.5 Å². The van der Waals surface area contributed by atoms with Gasteiger partial charge < -0.3 is 9.47 Å². The number of ether oxygens (including phenoxy) is 2. The van der Waals surface area contributed by atoms with E-state index in [1.807, 2.05) is 13.8 Å². The summed E-state index contributed by atoms with van der Waals surface area (Å²) >= 11 is 0. The minimum Gasteiger partial charge on any atom is -0.490 e. The molecule has 1 unspecified atom stereocenters. The minimum absolute atomic E-state index is 0.0483. The molecule has 1 atom stereocenters. The zero-order valence-electron chi connectivity index (χ0n) is 19.5. The lowest BCUT2D eigenvalue weighted by atomic mass is 9.72. The van der Waals surface area contributed by atoms with Gasteiger partial charge in [0.05, 0.1) is 13.2 Å². The monoisotopic (exact) mass is 392 g/mol. The van der Waals surface area contributed by atoms with Gasteiger partial charge in [-0.15, -0.1) is 0 Å². The van der Waals surface area contributed by atoms with Gasteiger partial charge in [-0.1, -0.05) is 39.8 Å². The van der Waals surface area contributed by atoms with Crippen LogP contribution in [-0.2, 0) is 16.2 Å². The maximum atomic E-state index is 6.04. The van der Waals surface area contributed by atoms with Crippen LogP contribution in [0.4, 0.5) is 0 Å². The molecule has 2 aromatic rings. The Morgan fingerprint density at radius 2 is 1.03 bits per heavy atom. The second-order valence-corrected chi connectivity index (χ2v) is 10.4. The number of hydrogen-bond acceptors (Lipinski definition) is 2. The van der Waals surface area contributed by atoms with Gasteiger partial charge in [-0.25, -0.2) is 0 Å². The number of aryl methyl sites for hydroxylation is 2. The van der Waals surface area contributed by atoms with Crippen LogP contribution in [0.2, 0.25) is 0 Å². The summed E-state index contributed by atoms with van der Waals surface area (Å²) in [6.07, 6.45) is 2.28. The molecule has 0 saturated carbocycles. The summed E-state index contributed by atoms with van der Waals surface area (Å²) in [5.41, 5.74) is 9.03. The van der Waals surface area contributed by atoms with Gasteiger partial charge in [0.1, 0.15) is 0 Å². The molecule has 0 saturated heterocycles. The molecule has 0 amide bonds. The standard InChI is InChI=1S/C27H36O2/c1-9-28-23-13-20-22(14-24(23)29-10-2)27(16-26(20,7)8)15-25(5,6)19-11-17(3)18(4)12-21(19)27/h11-14H,9-10,15-16H2,1-8H3. The van der Waals surface area contributed by atoms with Crippen LogP contribution in [0.5, 0.6) is 11.5 Å². The predicted octanol–water partition coefficient (Wildman–Crippen LogP) is 6.75. The molecule has 0 aromatic heterocycles. The molecule has 1 spiro atoms. The van der Waals surface area contributed by atoms with E-state index in [1.54, 1.807) is 0 Å². The molecular formula is C27H36O2. The number of benzene rings is 2. The van der Waals surface area contributed by atoms with E-state index in [0.29, 0.717) is 13.2 Å². The van der Waals surface area contributed by atoms with Crippen LogP contribution in [0.15, 0.2) is 24.3 Å². The van der Waals surface area contributed by atoms with Gasteiger partial charge in [-0.2, -0.15) is 0 Å². The molecule has 2 aliphatic carbocycles. The van der Waals surface area contributed by atoms with Gasteiger partial charge in [-0.05, 0) is 96.9 Å². The van der Waals surface area contributed by atoms with E-state index < -0.39 is 0 Å². The highest BCUT2D eigenvalue weighted by atomic mass is 16.5. The second-order valence-electron chi connectivity index (χ2n) is 10.4. The molecule has 0 bridgehead atoms. The fraction of sp³-hybridized carbons (Fsp3) is 0.556. The lowest BCUT2D eigenvalue weighted by molar-refractivity contribution is 0.286. The topological polar surface area (TPSA) is 18.5 Å². The van der Waals surface area contributed by atoms with Gasteiger partial charge in [-0.3, -0.25) is 0 Å². The first-order valence-corrected chi connectivity index (χ1v) is 11.1. The Balaban J connectivity index is 2.01. The smallest absolute Gasteiger partial charge is 0.161 e. The van der Waals surface area contributed by atoms with Crippen molar-refractivity contribution in [3.8, 4) is 11.5 Å². The summed E-state index contributed by atoms with van der Waals surface area (Å²) in [4.78, 5) is 0. The summed E-state index contributed by atoms with van der Waals surface area (Å²) in [5.74, 6) is 1.77. The quantitative estimate of drug-likeness (QED) is 0.573. The SMILES string of the molecule is CCOc1cc2c(cc1OCC)C1(CC(C)(C)c3cc(C)c(C)cc31)CC2(C)C. The van der Waals surface area contributed by atoms with Crippen molar-refractivity contribution in [2.45, 2.75) is 84.5 Å². The summed E-state index contributed by atoms with van der Waals surface area (Å²) in [6, 6.07) is 9.49. The van der Waals surface area contributed by atoms with Crippen molar-refractivity contribution >= 4 is 0 Å². The van der Waals surface area contributed by atoms with Crippen molar-refractivity contribution in [3.05, 3.63) is 57.6 Å². The molecular weight excluding hydrogens is 356 g/mol. The van der Waals surface area contributed by atoms with Crippen LogP contribution < -0.4 is 9.47 Å². The van der Waals surface area contributed by atoms with Gasteiger partial charge >= 0.3 is 0 Å². The molecule has 0 heterocycles. The van der Waals surface area contributed by atoms with E-state index in [9.17, 15) is 0 Å².